The van der Waals surface area contributed by atoms with Crippen molar-refractivity contribution in [2.75, 3.05) is 9.80 Å². The van der Waals surface area contributed by atoms with Crippen molar-refractivity contribution < 1.29 is 8.83 Å². The van der Waals surface area contributed by atoms with Gasteiger partial charge < -0.3 is 27.8 Å². The van der Waals surface area contributed by atoms with Gasteiger partial charge in [-0.15, -0.1) is 0 Å². The summed E-state index contributed by atoms with van der Waals surface area (Å²) in [5.74, 6) is 0. The van der Waals surface area contributed by atoms with E-state index in [9.17, 15) is 0 Å². The van der Waals surface area contributed by atoms with Crippen molar-refractivity contribution in [1.29, 1.82) is 0 Å². The Hall–Kier alpha value is -10.4. The van der Waals surface area contributed by atoms with Gasteiger partial charge in [0.05, 0.1) is 39.1 Å². The molecule has 0 unspecified atom stereocenters. The van der Waals surface area contributed by atoms with Gasteiger partial charge in [-0.3, -0.25) is 0 Å². The van der Waals surface area contributed by atoms with Gasteiger partial charge in [0.15, 0.2) is 0 Å². The van der Waals surface area contributed by atoms with Gasteiger partial charge >= 0.3 is 0 Å². The first kappa shape index (κ1) is 54.3. The van der Waals surface area contributed by atoms with Crippen LogP contribution >= 0.6 is 23.2 Å². The quantitative estimate of drug-likeness (QED) is 0.161. The fourth-order valence-electron chi connectivity index (χ4n) is 17.0. The molecule has 2 aliphatic carbocycles. The Morgan fingerprint density at radius 1 is 0.409 bits per heavy atom. The van der Waals surface area contributed by atoms with Crippen LogP contribution in [0, 0.1) is 13.8 Å². The molecule has 20 rings (SSSR count). The molecule has 0 fully saturated rings. The number of furan rings is 2. The van der Waals surface area contributed by atoms with Gasteiger partial charge in [-0.2, -0.15) is 0 Å². The molecule has 6 heterocycles. The standard InChI is InChI=1S/C42H28BClN2O.C42H31ClN2O/c1-23-20-33-39-34(21-23)46-40-27(38-41(46)25-10-4-6-13-28(25)42(38,2)3)12-8-14-30(40)43(39)29-19-18-24(44)22-32(29)45(33)31-15-9-17-36-37(31)26-11-5-7-16-35(26)47-36;1-26-22-29(44(28-13-10-12-27(43)24-28)36-19-11-21-38-39(36)33-16-6-9-20-37(33)46-38)25-30(23-26)45-35-18-8-5-15-32(35)40-41(45)31-14-4-7-17-34(31)42(40,2)3/h4-22H,1-3H3;4-25H,1-3H3. The van der Waals surface area contributed by atoms with E-state index in [-0.39, 0.29) is 17.5 Å². The normalized spacial score (nSPS) is 14.2. The summed E-state index contributed by atoms with van der Waals surface area (Å²) >= 11 is 13.5. The summed E-state index contributed by atoms with van der Waals surface area (Å²) in [6.45, 7) is 14.0. The van der Waals surface area contributed by atoms with E-state index in [1.807, 2.05) is 42.5 Å². The number of halogens is 2. The molecular weight excluding hydrogens is 1180 g/mol. The Bertz CT molecular complexity index is 5940. The minimum Gasteiger partial charge on any atom is -0.456 e. The second-order valence-electron chi connectivity index (χ2n) is 26.7. The molecular formula is C84H59BCl2N4O2. The molecule has 0 radical (unpaired) electrons. The van der Waals surface area contributed by atoms with Crippen LogP contribution in [-0.2, 0) is 10.8 Å². The molecule has 93 heavy (non-hydrogen) atoms. The SMILES string of the molecule is Cc1cc(N(c2cccc(Cl)c2)c2cccc3oc4ccccc4c23)cc(-n2c3c(c4ccccc42)C(C)(C)c2ccccc2-3)c1.Cc1cc2c3c(c1)-n1c4c(c5cccc(c51)B3c1ccc(Cl)cc1N2c1cccc2oc3ccccc3c12)C(C)(C)c1ccccc1-4. The van der Waals surface area contributed by atoms with Gasteiger partial charge in [0.1, 0.15) is 22.3 Å². The van der Waals surface area contributed by atoms with Crippen LogP contribution in [-0.4, -0.2) is 15.8 Å². The molecule has 6 nitrogen and oxygen atoms in total. The van der Waals surface area contributed by atoms with Gasteiger partial charge in [0.25, 0.3) is 6.71 Å². The number of rotatable bonds is 5. The fraction of sp³-hybridized carbons (Fsp3) is 0.0952. The number of nitrogens with zero attached hydrogens (tertiary/aromatic N) is 4. The molecule has 4 aliphatic rings. The third-order valence-corrected chi connectivity index (χ3v) is 21.1. The molecule has 16 aromatic rings. The summed E-state index contributed by atoms with van der Waals surface area (Å²) in [7, 11) is 0. The average Bonchev–Trinajstić information content (AvgIpc) is 1.63. The summed E-state index contributed by atoms with van der Waals surface area (Å²) < 4.78 is 17.8. The smallest absolute Gasteiger partial charge is 0.252 e. The highest BCUT2D eigenvalue weighted by molar-refractivity contribution is 7.00. The third-order valence-electron chi connectivity index (χ3n) is 20.6. The van der Waals surface area contributed by atoms with Crippen molar-refractivity contribution in [2.24, 2.45) is 0 Å². The number of aromatic nitrogens is 2. The lowest BCUT2D eigenvalue weighted by Crippen LogP contribution is -2.60. The predicted molar refractivity (Wildman–Crippen MR) is 390 cm³/mol. The topological polar surface area (TPSA) is 42.6 Å². The van der Waals surface area contributed by atoms with Crippen molar-refractivity contribution in [3.63, 3.8) is 0 Å². The van der Waals surface area contributed by atoms with E-state index >= 15 is 0 Å². The van der Waals surface area contributed by atoms with Gasteiger partial charge in [-0.05, 0) is 167 Å². The largest absolute Gasteiger partial charge is 0.456 e. The van der Waals surface area contributed by atoms with E-state index in [1.54, 1.807) is 0 Å². The highest BCUT2D eigenvalue weighted by atomic mass is 35.5. The minimum atomic E-state index is -0.117. The maximum Gasteiger partial charge on any atom is 0.252 e. The van der Waals surface area contributed by atoms with Crippen LogP contribution in [0.15, 0.2) is 258 Å². The summed E-state index contributed by atoms with van der Waals surface area (Å²) in [6.07, 6.45) is 0. The molecule has 0 bridgehead atoms. The molecule has 0 saturated heterocycles. The summed E-state index contributed by atoms with van der Waals surface area (Å²) in [6, 6.07) is 89.1. The zero-order valence-electron chi connectivity index (χ0n) is 52.1. The molecule has 0 saturated carbocycles. The lowest BCUT2D eigenvalue weighted by Gasteiger charge is -2.41. The average molecular weight is 1240 g/mol. The number of hydrogen-bond acceptors (Lipinski definition) is 4. The Morgan fingerprint density at radius 2 is 0.978 bits per heavy atom. The van der Waals surface area contributed by atoms with Crippen LogP contribution in [0.3, 0.4) is 0 Å². The second kappa shape index (κ2) is 19.5. The maximum absolute atomic E-state index is 6.86. The van der Waals surface area contributed by atoms with Crippen LogP contribution in [0.2, 0.25) is 10.0 Å². The van der Waals surface area contributed by atoms with E-state index in [1.165, 1.54) is 105 Å². The van der Waals surface area contributed by atoms with E-state index in [2.05, 4.69) is 267 Å². The van der Waals surface area contributed by atoms with Crippen LogP contribution in [0.4, 0.5) is 34.1 Å². The fourth-order valence-corrected chi connectivity index (χ4v) is 17.4. The second-order valence-corrected chi connectivity index (χ2v) is 27.6. The molecule has 0 amide bonds. The molecule has 4 aromatic heterocycles. The molecule has 9 heteroatoms. The number of para-hydroxylation sites is 4. The zero-order valence-corrected chi connectivity index (χ0v) is 53.6. The predicted octanol–water partition coefficient (Wildman–Crippen LogP) is 21.7. The van der Waals surface area contributed by atoms with Crippen LogP contribution in [0.25, 0.3) is 99.6 Å². The number of benzene rings is 12. The van der Waals surface area contributed by atoms with Gasteiger partial charge in [0.2, 0.25) is 0 Å². The molecule has 444 valence electrons. The minimum absolute atomic E-state index is 0.0639. The first-order chi connectivity index (χ1) is 45.3. The van der Waals surface area contributed by atoms with Crippen molar-refractivity contribution >= 4 is 146 Å². The van der Waals surface area contributed by atoms with Crippen LogP contribution in [0.1, 0.15) is 61.1 Å². The van der Waals surface area contributed by atoms with Crippen molar-refractivity contribution in [1.82, 2.24) is 9.13 Å². The number of aryl methyl sites for hydroxylation is 2. The highest BCUT2D eigenvalue weighted by Gasteiger charge is 2.48. The summed E-state index contributed by atoms with van der Waals surface area (Å²) in [5, 5.41) is 8.43. The van der Waals surface area contributed by atoms with Crippen molar-refractivity contribution in [2.45, 2.75) is 52.4 Å². The maximum atomic E-state index is 6.86. The van der Waals surface area contributed by atoms with Crippen LogP contribution < -0.4 is 26.2 Å². The van der Waals surface area contributed by atoms with Crippen molar-refractivity contribution in [3.8, 4) is 33.9 Å². The van der Waals surface area contributed by atoms with E-state index in [0.29, 0.717) is 5.02 Å². The van der Waals surface area contributed by atoms with Gasteiger partial charge in [-0.1, -0.05) is 196 Å². The lowest BCUT2D eigenvalue weighted by molar-refractivity contribution is 0.666. The molecule has 0 spiro atoms. The number of fused-ring (bicyclic) bond motifs is 20. The lowest BCUT2D eigenvalue weighted by atomic mass is 9.33. The monoisotopic (exact) mass is 1240 g/mol. The molecule has 0 atom stereocenters. The highest BCUT2D eigenvalue weighted by Crippen LogP contribution is 2.57. The van der Waals surface area contributed by atoms with E-state index < -0.39 is 0 Å². The number of hydrogen-bond donors (Lipinski definition) is 0. The van der Waals surface area contributed by atoms with E-state index in [4.69, 9.17) is 32.0 Å². The zero-order chi connectivity index (χ0) is 62.5. The summed E-state index contributed by atoms with van der Waals surface area (Å²) in [5.41, 5.74) is 31.8. The Morgan fingerprint density at radius 3 is 1.72 bits per heavy atom. The molecule has 0 N–H and O–H groups in total. The van der Waals surface area contributed by atoms with E-state index in [0.717, 1.165) is 83.0 Å². The van der Waals surface area contributed by atoms with Gasteiger partial charge in [-0.25, -0.2) is 0 Å². The summed E-state index contributed by atoms with van der Waals surface area (Å²) in [4.78, 5) is 4.76. The molecule has 12 aromatic carbocycles. The third kappa shape index (κ3) is 7.55. The first-order valence-electron chi connectivity index (χ1n) is 32.1. The Balaban J connectivity index is 0.000000133. The van der Waals surface area contributed by atoms with Crippen molar-refractivity contribution in [3.05, 3.63) is 292 Å². The Labute approximate surface area is 548 Å². The number of anilines is 6. The molecule has 2 aliphatic heterocycles. The first-order valence-corrected chi connectivity index (χ1v) is 32.8. The van der Waals surface area contributed by atoms with Crippen LogP contribution in [0.5, 0.6) is 0 Å². The Kier molecular flexibility index (Phi) is 11.4. The van der Waals surface area contributed by atoms with Gasteiger partial charge in [0, 0.05) is 93.2 Å².